The number of hydrogen-bond acceptors (Lipinski definition) is 3. The van der Waals surface area contributed by atoms with E-state index in [1.807, 2.05) is 53.1 Å². The van der Waals surface area contributed by atoms with E-state index in [4.69, 9.17) is 4.74 Å². The number of fused-ring (bicyclic) bond motifs is 1. The van der Waals surface area contributed by atoms with Crippen molar-refractivity contribution in [2.75, 3.05) is 7.11 Å². The molecule has 5 nitrogen and oxygen atoms in total. The summed E-state index contributed by atoms with van der Waals surface area (Å²) in [7, 11) is 1.64. The summed E-state index contributed by atoms with van der Waals surface area (Å²) in [4.78, 5) is 17.1. The average Bonchev–Trinajstić information content (AvgIpc) is 2.99. The standard InChI is InChI=1S/C20H23N3O2/c1-14(2)20-22-17-6-4-5-7-18(17)23(20)13-19(24)21-12-15-8-10-16(25-3)11-9-15/h4-11,14H,12-13H2,1-3H3,(H,21,24). The topological polar surface area (TPSA) is 56.1 Å². The zero-order chi connectivity index (χ0) is 17.8. The third-order valence-corrected chi connectivity index (χ3v) is 4.15. The molecule has 1 N–H and O–H groups in total. The first kappa shape index (κ1) is 17.0. The van der Waals surface area contributed by atoms with Crippen LogP contribution in [-0.2, 0) is 17.9 Å². The fourth-order valence-electron chi connectivity index (χ4n) is 2.84. The van der Waals surface area contributed by atoms with Crippen molar-refractivity contribution in [1.29, 1.82) is 0 Å². The maximum absolute atomic E-state index is 12.4. The molecule has 0 bridgehead atoms. The highest BCUT2D eigenvalue weighted by atomic mass is 16.5. The summed E-state index contributed by atoms with van der Waals surface area (Å²) in [6.45, 7) is 4.94. The van der Waals surface area contributed by atoms with Gasteiger partial charge in [-0.1, -0.05) is 38.1 Å². The normalized spacial score (nSPS) is 11.0. The van der Waals surface area contributed by atoms with Gasteiger partial charge in [0, 0.05) is 12.5 Å². The van der Waals surface area contributed by atoms with Gasteiger partial charge in [-0.3, -0.25) is 4.79 Å². The average molecular weight is 337 g/mol. The summed E-state index contributed by atoms with van der Waals surface area (Å²) < 4.78 is 7.15. The molecule has 5 heteroatoms. The molecule has 2 aromatic carbocycles. The maximum atomic E-state index is 12.4. The van der Waals surface area contributed by atoms with Crippen LogP contribution in [0.1, 0.15) is 31.2 Å². The van der Waals surface area contributed by atoms with Gasteiger partial charge in [0.1, 0.15) is 18.1 Å². The quantitative estimate of drug-likeness (QED) is 0.749. The number of ether oxygens (including phenoxy) is 1. The maximum Gasteiger partial charge on any atom is 0.240 e. The smallest absolute Gasteiger partial charge is 0.240 e. The van der Waals surface area contributed by atoms with E-state index < -0.39 is 0 Å². The van der Waals surface area contributed by atoms with E-state index >= 15 is 0 Å². The number of nitrogens with one attached hydrogen (secondary N) is 1. The van der Waals surface area contributed by atoms with E-state index in [-0.39, 0.29) is 18.4 Å². The van der Waals surface area contributed by atoms with Gasteiger partial charge in [-0.25, -0.2) is 4.98 Å². The SMILES string of the molecule is COc1ccc(CNC(=O)Cn2c(C(C)C)nc3ccccc32)cc1. The van der Waals surface area contributed by atoms with Crippen molar-refractivity contribution >= 4 is 16.9 Å². The first-order valence-corrected chi connectivity index (χ1v) is 8.43. The number of methoxy groups -OCH3 is 1. The van der Waals surface area contributed by atoms with Gasteiger partial charge in [-0.2, -0.15) is 0 Å². The van der Waals surface area contributed by atoms with E-state index in [2.05, 4.69) is 24.1 Å². The Morgan fingerprint density at radius 2 is 1.88 bits per heavy atom. The van der Waals surface area contributed by atoms with Crippen molar-refractivity contribution in [3.05, 3.63) is 59.9 Å². The lowest BCUT2D eigenvalue weighted by Crippen LogP contribution is -2.28. The third-order valence-electron chi connectivity index (χ3n) is 4.15. The molecule has 1 aromatic heterocycles. The van der Waals surface area contributed by atoms with Crippen molar-refractivity contribution < 1.29 is 9.53 Å². The van der Waals surface area contributed by atoms with Crippen molar-refractivity contribution in [2.45, 2.75) is 32.9 Å². The summed E-state index contributed by atoms with van der Waals surface area (Å²) >= 11 is 0. The van der Waals surface area contributed by atoms with Crippen LogP contribution >= 0.6 is 0 Å². The lowest BCUT2D eigenvalue weighted by Gasteiger charge is -2.12. The molecular weight excluding hydrogens is 314 g/mol. The number of amides is 1. The summed E-state index contributed by atoms with van der Waals surface area (Å²) in [6, 6.07) is 15.6. The first-order chi connectivity index (χ1) is 12.1. The fraction of sp³-hybridized carbons (Fsp3) is 0.300. The van der Waals surface area contributed by atoms with Gasteiger partial charge in [-0.15, -0.1) is 0 Å². The largest absolute Gasteiger partial charge is 0.497 e. The lowest BCUT2D eigenvalue weighted by atomic mass is 10.2. The van der Waals surface area contributed by atoms with E-state index in [9.17, 15) is 4.79 Å². The molecule has 3 aromatic rings. The molecule has 0 aliphatic carbocycles. The van der Waals surface area contributed by atoms with Gasteiger partial charge >= 0.3 is 0 Å². The van der Waals surface area contributed by atoms with Crippen LogP contribution < -0.4 is 10.1 Å². The molecule has 0 aliphatic rings. The highest BCUT2D eigenvalue weighted by Gasteiger charge is 2.15. The van der Waals surface area contributed by atoms with Crippen LogP contribution in [0.15, 0.2) is 48.5 Å². The molecule has 0 unspecified atom stereocenters. The Morgan fingerprint density at radius 3 is 2.56 bits per heavy atom. The molecule has 1 heterocycles. The Kier molecular flexibility index (Phi) is 5.03. The fourth-order valence-corrected chi connectivity index (χ4v) is 2.84. The van der Waals surface area contributed by atoms with Crippen molar-refractivity contribution in [2.24, 2.45) is 0 Å². The Bertz CT molecular complexity index is 866. The summed E-state index contributed by atoms with van der Waals surface area (Å²) in [6.07, 6.45) is 0. The van der Waals surface area contributed by atoms with Crippen LogP contribution in [-0.4, -0.2) is 22.6 Å². The Balaban J connectivity index is 1.72. The molecule has 0 radical (unpaired) electrons. The molecule has 0 atom stereocenters. The monoisotopic (exact) mass is 337 g/mol. The van der Waals surface area contributed by atoms with E-state index in [1.54, 1.807) is 7.11 Å². The van der Waals surface area contributed by atoms with E-state index in [1.165, 1.54) is 0 Å². The predicted molar refractivity (Wildman–Crippen MR) is 98.7 cm³/mol. The molecule has 1 amide bonds. The predicted octanol–water partition coefficient (Wildman–Crippen LogP) is 3.48. The molecule has 130 valence electrons. The van der Waals surface area contributed by atoms with Crippen LogP contribution in [0.2, 0.25) is 0 Å². The Morgan fingerprint density at radius 1 is 1.16 bits per heavy atom. The molecule has 0 fully saturated rings. The van der Waals surface area contributed by atoms with Crippen molar-refractivity contribution in [3.63, 3.8) is 0 Å². The van der Waals surface area contributed by atoms with Crippen molar-refractivity contribution in [3.8, 4) is 5.75 Å². The number of hydrogen-bond donors (Lipinski definition) is 1. The van der Waals surface area contributed by atoms with Gasteiger partial charge in [0.15, 0.2) is 0 Å². The summed E-state index contributed by atoms with van der Waals surface area (Å²) in [5.74, 6) is 1.96. The van der Waals surface area contributed by atoms with Gasteiger partial charge < -0.3 is 14.6 Å². The van der Waals surface area contributed by atoms with Crippen LogP contribution in [0.25, 0.3) is 11.0 Å². The van der Waals surface area contributed by atoms with Gasteiger partial charge in [0.2, 0.25) is 5.91 Å². The minimum absolute atomic E-state index is 0.0270. The first-order valence-electron chi connectivity index (χ1n) is 8.43. The number of carbonyl (C=O) groups is 1. The van der Waals surface area contributed by atoms with Gasteiger partial charge in [0.25, 0.3) is 0 Å². The van der Waals surface area contributed by atoms with Crippen molar-refractivity contribution in [1.82, 2.24) is 14.9 Å². The highest BCUT2D eigenvalue weighted by Crippen LogP contribution is 2.21. The second kappa shape index (κ2) is 7.38. The zero-order valence-corrected chi connectivity index (χ0v) is 14.8. The number of rotatable bonds is 6. The molecule has 0 aliphatic heterocycles. The highest BCUT2D eigenvalue weighted by molar-refractivity contribution is 5.81. The molecular formula is C20H23N3O2. The van der Waals surface area contributed by atoms with Crippen LogP contribution in [0.3, 0.4) is 0 Å². The minimum Gasteiger partial charge on any atom is -0.497 e. The zero-order valence-electron chi connectivity index (χ0n) is 14.8. The second-order valence-corrected chi connectivity index (χ2v) is 6.32. The number of aromatic nitrogens is 2. The number of para-hydroxylation sites is 2. The molecule has 0 saturated carbocycles. The van der Waals surface area contributed by atoms with E-state index in [0.717, 1.165) is 28.2 Å². The van der Waals surface area contributed by atoms with E-state index in [0.29, 0.717) is 6.54 Å². The second-order valence-electron chi connectivity index (χ2n) is 6.32. The van der Waals surface area contributed by atoms with Crippen LogP contribution in [0, 0.1) is 0 Å². The number of carbonyl (C=O) groups excluding carboxylic acids is 1. The molecule has 3 rings (SSSR count). The Labute approximate surface area is 147 Å². The molecule has 0 spiro atoms. The molecule has 25 heavy (non-hydrogen) atoms. The minimum atomic E-state index is -0.0270. The summed E-state index contributed by atoms with van der Waals surface area (Å²) in [5, 5.41) is 2.98. The van der Waals surface area contributed by atoms with Gasteiger partial charge in [-0.05, 0) is 29.8 Å². The number of nitrogens with zero attached hydrogens (tertiary/aromatic N) is 2. The molecule has 0 saturated heterocycles. The Hall–Kier alpha value is -2.82. The van der Waals surface area contributed by atoms with Crippen LogP contribution in [0.4, 0.5) is 0 Å². The number of benzene rings is 2. The lowest BCUT2D eigenvalue weighted by molar-refractivity contribution is -0.121. The van der Waals surface area contributed by atoms with Crippen LogP contribution in [0.5, 0.6) is 5.75 Å². The van der Waals surface area contributed by atoms with Gasteiger partial charge in [0.05, 0.1) is 18.1 Å². The third kappa shape index (κ3) is 3.82. The number of imidazole rings is 1. The summed E-state index contributed by atoms with van der Waals surface area (Å²) in [5.41, 5.74) is 2.95.